The number of carbonyl (C=O) groups is 2. The minimum absolute atomic E-state index is 0.170. The van der Waals surface area contributed by atoms with Crippen LogP contribution in [0.25, 0.3) is 0 Å². The fourth-order valence-electron chi connectivity index (χ4n) is 3.40. The summed E-state index contributed by atoms with van der Waals surface area (Å²) in [7, 11) is 1.34. The number of ether oxygens (including phenoxy) is 1. The Morgan fingerprint density at radius 3 is 2.60 bits per heavy atom. The van der Waals surface area contributed by atoms with Gasteiger partial charge >= 0.3 is 5.97 Å². The van der Waals surface area contributed by atoms with Gasteiger partial charge in [0, 0.05) is 6.54 Å². The van der Waals surface area contributed by atoms with Gasteiger partial charge < -0.3 is 14.7 Å². The molecular weight excluding hydrogens is 318 g/mol. The van der Waals surface area contributed by atoms with Crippen molar-refractivity contribution < 1.29 is 19.4 Å². The maximum atomic E-state index is 12.7. The second kappa shape index (κ2) is 11.3. The van der Waals surface area contributed by atoms with E-state index in [9.17, 15) is 14.7 Å². The number of hydrogen-bond acceptors (Lipinski definition) is 4. The van der Waals surface area contributed by atoms with E-state index < -0.39 is 18.1 Å². The van der Waals surface area contributed by atoms with Crippen LogP contribution in [-0.2, 0) is 14.3 Å². The van der Waals surface area contributed by atoms with Gasteiger partial charge in [-0.3, -0.25) is 4.79 Å². The zero-order valence-corrected chi connectivity index (χ0v) is 16.3. The molecule has 1 saturated heterocycles. The van der Waals surface area contributed by atoms with Crippen LogP contribution in [0.2, 0.25) is 0 Å². The van der Waals surface area contributed by atoms with Crippen LogP contribution < -0.4 is 0 Å². The van der Waals surface area contributed by atoms with Crippen molar-refractivity contribution in [2.24, 2.45) is 5.92 Å². The van der Waals surface area contributed by atoms with Crippen LogP contribution in [0, 0.1) is 5.92 Å². The summed E-state index contributed by atoms with van der Waals surface area (Å²) in [4.78, 5) is 26.1. The van der Waals surface area contributed by atoms with Gasteiger partial charge in [0.25, 0.3) is 0 Å². The minimum Gasteiger partial charge on any atom is -0.467 e. The van der Waals surface area contributed by atoms with Crippen LogP contribution in [0.4, 0.5) is 0 Å². The van der Waals surface area contributed by atoms with Crippen molar-refractivity contribution in [2.45, 2.75) is 84.3 Å². The third-order valence-corrected chi connectivity index (χ3v) is 5.11. The highest BCUT2D eigenvalue weighted by atomic mass is 16.5. The van der Waals surface area contributed by atoms with E-state index in [1.54, 1.807) is 11.8 Å². The van der Waals surface area contributed by atoms with Gasteiger partial charge in [0.15, 0.2) is 0 Å². The molecule has 0 bridgehead atoms. The number of aliphatic hydroxyl groups excluding tert-OH is 1. The standard InChI is InChI=1S/C20H35NO4/c1-5-6-7-8-9-10-12-15(2)18(22)16(3)19(23)21-14-11-13-17(21)20(24)25-4/h12,16-18,22H,5-11,13-14H2,1-4H3. The average Bonchev–Trinajstić information content (AvgIpc) is 3.11. The second-order valence-electron chi connectivity index (χ2n) is 7.10. The molecule has 25 heavy (non-hydrogen) atoms. The highest BCUT2D eigenvalue weighted by Crippen LogP contribution is 2.24. The molecule has 5 nitrogen and oxygen atoms in total. The fraction of sp³-hybridized carbons (Fsp3) is 0.800. The molecule has 0 spiro atoms. The Hall–Kier alpha value is -1.36. The van der Waals surface area contributed by atoms with Crippen molar-refractivity contribution in [3.8, 4) is 0 Å². The monoisotopic (exact) mass is 353 g/mol. The first kappa shape index (κ1) is 21.7. The number of hydrogen-bond donors (Lipinski definition) is 1. The van der Waals surface area contributed by atoms with Crippen molar-refractivity contribution in [1.29, 1.82) is 0 Å². The summed E-state index contributed by atoms with van der Waals surface area (Å²) >= 11 is 0. The van der Waals surface area contributed by atoms with E-state index in [0.717, 1.165) is 24.8 Å². The van der Waals surface area contributed by atoms with Gasteiger partial charge in [0.05, 0.1) is 19.1 Å². The lowest BCUT2D eigenvalue weighted by Crippen LogP contribution is -2.46. The molecule has 144 valence electrons. The minimum atomic E-state index is -0.804. The third-order valence-electron chi connectivity index (χ3n) is 5.11. The maximum Gasteiger partial charge on any atom is 0.328 e. The molecule has 3 atom stereocenters. The molecule has 1 aliphatic rings. The number of rotatable bonds is 10. The van der Waals surface area contributed by atoms with Crippen LogP contribution in [0.5, 0.6) is 0 Å². The zero-order valence-electron chi connectivity index (χ0n) is 16.3. The number of esters is 1. The summed E-state index contributed by atoms with van der Waals surface area (Å²) in [6.07, 6.45) is 9.68. The van der Waals surface area contributed by atoms with Crippen molar-refractivity contribution in [1.82, 2.24) is 4.90 Å². The fourth-order valence-corrected chi connectivity index (χ4v) is 3.40. The molecule has 0 aromatic heterocycles. The average molecular weight is 354 g/mol. The predicted octanol–water partition coefficient (Wildman–Crippen LogP) is 3.45. The van der Waals surface area contributed by atoms with E-state index in [0.29, 0.717) is 13.0 Å². The van der Waals surface area contributed by atoms with Gasteiger partial charge in [-0.1, -0.05) is 45.6 Å². The second-order valence-corrected chi connectivity index (χ2v) is 7.10. The largest absolute Gasteiger partial charge is 0.467 e. The predicted molar refractivity (Wildman–Crippen MR) is 99.1 cm³/mol. The van der Waals surface area contributed by atoms with Crippen molar-refractivity contribution in [3.63, 3.8) is 0 Å². The molecule has 0 aromatic carbocycles. The number of methoxy groups -OCH3 is 1. The maximum absolute atomic E-state index is 12.7. The van der Waals surface area contributed by atoms with E-state index in [-0.39, 0.29) is 11.9 Å². The third kappa shape index (κ3) is 6.46. The molecule has 1 aliphatic heterocycles. The van der Waals surface area contributed by atoms with Crippen LogP contribution in [0.3, 0.4) is 0 Å². The Labute approximate surface area is 152 Å². The van der Waals surface area contributed by atoms with Crippen LogP contribution >= 0.6 is 0 Å². The number of carbonyl (C=O) groups excluding carboxylic acids is 2. The molecule has 1 heterocycles. The van der Waals surface area contributed by atoms with Gasteiger partial charge in [-0.05, 0) is 38.2 Å². The highest BCUT2D eigenvalue weighted by molar-refractivity contribution is 5.86. The number of likely N-dealkylation sites (tertiary alicyclic amines) is 1. The lowest BCUT2D eigenvalue weighted by Gasteiger charge is -2.28. The summed E-state index contributed by atoms with van der Waals surface area (Å²) in [6, 6.07) is -0.505. The molecule has 3 unspecified atom stereocenters. The normalized spacial score (nSPS) is 20.4. The molecule has 1 fully saturated rings. The number of allylic oxidation sites excluding steroid dienone is 1. The van der Waals surface area contributed by atoms with Gasteiger partial charge in [-0.25, -0.2) is 4.79 Å². The number of aliphatic hydroxyl groups is 1. The first-order valence-electron chi connectivity index (χ1n) is 9.67. The van der Waals surface area contributed by atoms with E-state index in [4.69, 9.17) is 4.74 Å². The Kier molecular flexibility index (Phi) is 9.79. The van der Waals surface area contributed by atoms with Crippen LogP contribution in [-0.4, -0.2) is 47.7 Å². The number of nitrogens with zero attached hydrogens (tertiary/aromatic N) is 1. The Morgan fingerprint density at radius 1 is 1.28 bits per heavy atom. The van der Waals surface area contributed by atoms with Crippen molar-refractivity contribution >= 4 is 11.9 Å². The van der Waals surface area contributed by atoms with E-state index in [1.165, 1.54) is 32.8 Å². The van der Waals surface area contributed by atoms with E-state index >= 15 is 0 Å². The van der Waals surface area contributed by atoms with Crippen LogP contribution in [0.15, 0.2) is 11.6 Å². The van der Waals surface area contributed by atoms with Crippen LogP contribution in [0.1, 0.15) is 72.1 Å². The quantitative estimate of drug-likeness (QED) is 0.371. The number of amides is 1. The molecule has 0 saturated carbocycles. The Balaban J connectivity index is 2.54. The van der Waals surface area contributed by atoms with Crippen molar-refractivity contribution in [3.05, 3.63) is 11.6 Å². The van der Waals surface area contributed by atoms with Gasteiger partial charge in [0.2, 0.25) is 5.91 Å². The smallest absolute Gasteiger partial charge is 0.328 e. The molecule has 1 N–H and O–H groups in total. The zero-order chi connectivity index (χ0) is 18.8. The molecule has 1 amide bonds. The van der Waals surface area contributed by atoms with E-state index in [2.05, 4.69) is 6.92 Å². The summed E-state index contributed by atoms with van der Waals surface area (Å²) in [5, 5.41) is 10.5. The topological polar surface area (TPSA) is 66.8 Å². The number of unbranched alkanes of at least 4 members (excludes halogenated alkanes) is 5. The molecule has 0 aliphatic carbocycles. The van der Waals surface area contributed by atoms with Crippen molar-refractivity contribution in [2.75, 3.05) is 13.7 Å². The lowest BCUT2D eigenvalue weighted by atomic mass is 9.95. The SMILES string of the molecule is CCCCCCCC=C(C)C(O)C(C)C(=O)N1CCCC1C(=O)OC. The van der Waals surface area contributed by atoms with E-state index in [1.807, 2.05) is 13.0 Å². The molecular formula is C20H35NO4. The van der Waals surface area contributed by atoms with Gasteiger partial charge in [0.1, 0.15) is 6.04 Å². The van der Waals surface area contributed by atoms with Gasteiger partial charge in [-0.15, -0.1) is 0 Å². The summed E-state index contributed by atoms with van der Waals surface area (Å²) in [5.74, 6) is -1.09. The Morgan fingerprint density at radius 2 is 1.96 bits per heavy atom. The molecule has 1 rings (SSSR count). The summed E-state index contributed by atoms with van der Waals surface area (Å²) < 4.78 is 4.79. The van der Waals surface area contributed by atoms with Gasteiger partial charge in [-0.2, -0.15) is 0 Å². The molecule has 5 heteroatoms. The molecule has 0 radical (unpaired) electrons. The summed E-state index contributed by atoms with van der Waals surface area (Å²) in [5.41, 5.74) is 0.838. The highest BCUT2D eigenvalue weighted by Gasteiger charge is 2.38. The first-order valence-corrected chi connectivity index (χ1v) is 9.67. The molecule has 0 aromatic rings. The first-order chi connectivity index (χ1) is 11.9. The summed E-state index contributed by atoms with van der Waals surface area (Å²) in [6.45, 7) is 6.36. The lowest BCUT2D eigenvalue weighted by molar-refractivity contribution is -0.153. The Bertz CT molecular complexity index is 461.